The molecule has 0 aliphatic rings. The van der Waals surface area contributed by atoms with Gasteiger partial charge in [-0.25, -0.2) is 0 Å². The molecule has 0 saturated carbocycles. The molecule has 0 aliphatic heterocycles. The minimum atomic E-state index is -1.07. The van der Waals surface area contributed by atoms with Gasteiger partial charge in [-0.3, -0.25) is 4.79 Å². The van der Waals surface area contributed by atoms with E-state index in [1.165, 1.54) is 26.4 Å². The molecule has 0 bridgehead atoms. The molecule has 1 N–H and O–H groups in total. The molecule has 1 atom stereocenters. The fourth-order valence-corrected chi connectivity index (χ4v) is 1.45. The third-order valence-electron chi connectivity index (χ3n) is 2.49. The molecular formula is C15H16N2O4. The molecule has 6 heteroatoms. The fraction of sp³-hybridized carbons (Fsp3) is 0.333. The lowest BCUT2D eigenvalue weighted by atomic mass is 10.2. The normalized spacial score (nSPS) is 10.6. The van der Waals surface area contributed by atoms with Crippen molar-refractivity contribution < 1.29 is 19.0 Å². The van der Waals surface area contributed by atoms with E-state index in [0.717, 1.165) is 0 Å². The molecule has 1 amide bonds. The van der Waals surface area contributed by atoms with Crippen molar-refractivity contribution in [3.05, 3.63) is 23.8 Å². The van der Waals surface area contributed by atoms with Crippen LogP contribution in [0.3, 0.4) is 0 Å². The van der Waals surface area contributed by atoms with Crippen molar-refractivity contribution in [2.75, 3.05) is 20.8 Å². The lowest BCUT2D eigenvalue weighted by Gasteiger charge is -2.12. The lowest BCUT2D eigenvalue weighted by molar-refractivity contribution is 0.0684. The van der Waals surface area contributed by atoms with Crippen LogP contribution in [0.1, 0.15) is 17.3 Å². The monoisotopic (exact) mass is 288 g/mol. The first-order valence-corrected chi connectivity index (χ1v) is 6.09. The second-order valence-corrected chi connectivity index (χ2v) is 3.82. The molecule has 0 heterocycles. The van der Waals surface area contributed by atoms with Crippen molar-refractivity contribution in [3.63, 3.8) is 0 Å². The second-order valence-electron chi connectivity index (χ2n) is 3.82. The zero-order chi connectivity index (χ0) is 15.7. The maximum absolute atomic E-state index is 12.1. The van der Waals surface area contributed by atoms with Gasteiger partial charge in [0, 0.05) is 11.6 Å². The van der Waals surface area contributed by atoms with Crippen LogP contribution in [0.15, 0.2) is 18.2 Å². The molecule has 110 valence electrons. The lowest BCUT2D eigenvalue weighted by Crippen LogP contribution is -2.36. The van der Waals surface area contributed by atoms with Crippen molar-refractivity contribution in [1.29, 1.82) is 5.26 Å². The summed E-state index contributed by atoms with van der Waals surface area (Å²) in [6, 6.07) is 6.56. The number of ether oxygens (including phenoxy) is 3. The highest BCUT2D eigenvalue weighted by Gasteiger charge is 2.15. The number of amides is 1. The molecule has 0 fully saturated rings. The topological polar surface area (TPSA) is 80.6 Å². The number of nitrogens with zero attached hydrogens (tertiary/aromatic N) is 1. The minimum Gasteiger partial charge on any atom is -0.497 e. The molecule has 1 aromatic carbocycles. The number of methoxy groups -OCH3 is 2. The van der Waals surface area contributed by atoms with Crippen LogP contribution in [0.4, 0.5) is 0 Å². The molecule has 0 spiro atoms. The number of hydrogen-bond acceptors (Lipinski definition) is 5. The van der Waals surface area contributed by atoms with Crippen molar-refractivity contribution in [1.82, 2.24) is 5.32 Å². The van der Waals surface area contributed by atoms with E-state index in [1.807, 2.05) is 6.07 Å². The van der Waals surface area contributed by atoms with Gasteiger partial charge in [0.2, 0.25) is 6.23 Å². The van der Waals surface area contributed by atoms with E-state index in [0.29, 0.717) is 17.1 Å². The van der Waals surface area contributed by atoms with Gasteiger partial charge in [0.25, 0.3) is 5.91 Å². The smallest absolute Gasteiger partial charge is 0.254 e. The summed E-state index contributed by atoms with van der Waals surface area (Å²) in [6.45, 7) is 1.72. The summed E-state index contributed by atoms with van der Waals surface area (Å²) in [5.41, 5.74) is 0.302. The van der Waals surface area contributed by atoms with Gasteiger partial charge in [0.15, 0.2) is 0 Å². The molecule has 0 aliphatic carbocycles. The van der Waals surface area contributed by atoms with Crippen LogP contribution < -0.4 is 14.8 Å². The number of benzene rings is 1. The van der Waals surface area contributed by atoms with E-state index >= 15 is 0 Å². The summed E-state index contributed by atoms with van der Waals surface area (Å²) in [6.07, 6.45) is -1.07. The number of nitrogens with one attached hydrogen (secondary N) is 1. The fourth-order valence-electron chi connectivity index (χ4n) is 1.45. The van der Waals surface area contributed by atoms with Crippen molar-refractivity contribution in [2.24, 2.45) is 0 Å². The number of carbonyl (C=O) groups is 1. The van der Waals surface area contributed by atoms with Crippen LogP contribution >= 0.6 is 0 Å². The van der Waals surface area contributed by atoms with Crippen molar-refractivity contribution >= 4 is 5.91 Å². The Morgan fingerprint density at radius 1 is 1.29 bits per heavy atom. The molecule has 1 unspecified atom stereocenters. The van der Waals surface area contributed by atoms with E-state index < -0.39 is 12.1 Å². The Balaban J connectivity index is 2.82. The van der Waals surface area contributed by atoms with Crippen LogP contribution in [-0.2, 0) is 4.74 Å². The minimum absolute atomic E-state index is 0.0659. The average Bonchev–Trinajstić information content (AvgIpc) is 2.53. The van der Waals surface area contributed by atoms with Gasteiger partial charge in [-0.15, -0.1) is 5.92 Å². The molecule has 1 rings (SSSR count). The molecule has 0 radical (unpaired) electrons. The molecule has 6 nitrogen and oxygen atoms in total. The predicted molar refractivity (Wildman–Crippen MR) is 75.8 cm³/mol. The standard InChI is InChI=1S/C15H16N2O4/c1-4-5-6-21-14(10-16)17-15(18)11-7-12(19-2)9-13(8-11)20-3/h7-9,14H,6H2,1-3H3,(H,17,18). The summed E-state index contributed by atoms with van der Waals surface area (Å²) >= 11 is 0. The first-order chi connectivity index (χ1) is 10.1. The summed E-state index contributed by atoms with van der Waals surface area (Å²) in [4.78, 5) is 12.1. The van der Waals surface area contributed by atoms with Gasteiger partial charge < -0.3 is 19.5 Å². The van der Waals surface area contributed by atoms with Crippen molar-refractivity contribution in [3.8, 4) is 29.4 Å². The largest absolute Gasteiger partial charge is 0.497 e. The van der Waals surface area contributed by atoms with E-state index in [4.69, 9.17) is 19.5 Å². The molecule has 21 heavy (non-hydrogen) atoms. The van der Waals surface area contributed by atoms with Crippen LogP contribution in [0.2, 0.25) is 0 Å². The third-order valence-corrected chi connectivity index (χ3v) is 2.49. The Bertz CT molecular complexity index is 574. The predicted octanol–water partition coefficient (Wildman–Crippen LogP) is 1.32. The van der Waals surface area contributed by atoms with Crippen LogP contribution in [-0.4, -0.2) is 33.0 Å². The maximum Gasteiger partial charge on any atom is 0.254 e. The van der Waals surface area contributed by atoms with Gasteiger partial charge >= 0.3 is 0 Å². The highest BCUT2D eigenvalue weighted by atomic mass is 16.5. The first-order valence-electron chi connectivity index (χ1n) is 6.09. The highest BCUT2D eigenvalue weighted by Crippen LogP contribution is 2.22. The molecule has 0 saturated heterocycles. The first kappa shape index (κ1) is 16.4. The Labute approximate surface area is 123 Å². The Morgan fingerprint density at radius 2 is 1.90 bits per heavy atom. The number of nitriles is 1. The van der Waals surface area contributed by atoms with Crippen LogP contribution in [0.5, 0.6) is 11.5 Å². The van der Waals surface area contributed by atoms with Gasteiger partial charge in [-0.05, 0) is 19.1 Å². The van der Waals surface area contributed by atoms with Crippen molar-refractivity contribution in [2.45, 2.75) is 13.2 Å². The Morgan fingerprint density at radius 3 is 2.38 bits per heavy atom. The van der Waals surface area contributed by atoms with Gasteiger partial charge in [0.05, 0.1) is 14.2 Å². The van der Waals surface area contributed by atoms with Crippen LogP contribution in [0.25, 0.3) is 0 Å². The number of rotatable bonds is 6. The zero-order valence-electron chi connectivity index (χ0n) is 12.1. The quantitative estimate of drug-likeness (QED) is 0.631. The average molecular weight is 288 g/mol. The molecule has 0 aromatic heterocycles. The van der Waals surface area contributed by atoms with Crippen LogP contribution in [0, 0.1) is 23.2 Å². The second kappa shape index (κ2) is 8.47. The van der Waals surface area contributed by atoms with E-state index in [2.05, 4.69) is 17.2 Å². The Kier molecular flexibility index (Phi) is 6.59. The third kappa shape index (κ3) is 5.06. The van der Waals surface area contributed by atoms with Gasteiger partial charge in [0.1, 0.15) is 24.2 Å². The highest BCUT2D eigenvalue weighted by molar-refractivity contribution is 5.95. The SMILES string of the molecule is CC#CCOC(C#N)NC(=O)c1cc(OC)cc(OC)c1. The summed E-state index contributed by atoms with van der Waals surface area (Å²) in [7, 11) is 2.97. The maximum atomic E-state index is 12.1. The van der Waals surface area contributed by atoms with E-state index in [9.17, 15) is 4.79 Å². The number of carbonyl (C=O) groups excluding carboxylic acids is 1. The molecular weight excluding hydrogens is 272 g/mol. The van der Waals surface area contributed by atoms with Gasteiger partial charge in [-0.1, -0.05) is 5.92 Å². The van der Waals surface area contributed by atoms with E-state index in [-0.39, 0.29) is 6.61 Å². The number of hydrogen-bond donors (Lipinski definition) is 1. The summed E-state index contributed by atoms with van der Waals surface area (Å²) < 4.78 is 15.3. The Hall–Kier alpha value is -2.70. The summed E-state index contributed by atoms with van der Waals surface area (Å²) in [5, 5.41) is 11.4. The molecule has 1 aromatic rings. The van der Waals surface area contributed by atoms with Gasteiger partial charge in [-0.2, -0.15) is 5.26 Å². The summed E-state index contributed by atoms with van der Waals surface area (Å²) in [5.74, 6) is 5.77. The van der Waals surface area contributed by atoms with E-state index in [1.54, 1.807) is 13.0 Å². The zero-order valence-corrected chi connectivity index (χ0v) is 12.1.